The molecule has 0 unspecified atom stereocenters. The van der Waals surface area contributed by atoms with Crippen LogP contribution in [0.15, 0.2) is 206 Å². The molecule has 52 heavy (non-hydrogen) atoms. The number of para-hydroxylation sites is 2. The second-order valence-electron chi connectivity index (χ2n) is 13.3. The molecular formula is C50H34N2. The van der Waals surface area contributed by atoms with Gasteiger partial charge >= 0.3 is 0 Å². The number of anilines is 3. The summed E-state index contributed by atoms with van der Waals surface area (Å²) >= 11 is 0. The van der Waals surface area contributed by atoms with E-state index < -0.39 is 0 Å². The fourth-order valence-electron chi connectivity index (χ4n) is 8.01. The Morgan fingerprint density at radius 2 is 0.712 bits per heavy atom. The Morgan fingerprint density at radius 1 is 0.288 bits per heavy atom. The van der Waals surface area contributed by atoms with Crippen molar-refractivity contribution in [3.8, 4) is 33.4 Å². The molecule has 2 nitrogen and oxygen atoms in total. The molecule has 0 atom stereocenters. The molecule has 0 radical (unpaired) electrons. The molecule has 2 heteroatoms. The molecule has 0 aliphatic carbocycles. The highest BCUT2D eigenvalue weighted by atomic mass is 15.2. The lowest BCUT2D eigenvalue weighted by Gasteiger charge is -2.28. The smallest absolute Gasteiger partial charge is 0.0782 e. The van der Waals surface area contributed by atoms with Crippen molar-refractivity contribution in [2.75, 3.05) is 4.90 Å². The lowest BCUT2D eigenvalue weighted by molar-refractivity contribution is 1.26. The standard InChI is InChI=1S/C50H34N2/c1-4-15-35(16-5-1)37-27-31-40(32-28-37)51(41-33-29-38(30-34-41)36-17-6-2-7-18-36)47-26-14-24-43-42-21-10-11-22-44(42)50-48(39-19-8-3-9-20-39)45-23-12-13-25-46(45)52(50)49(43)47/h1-34H. The van der Waals surface area contributed by atoms with Gasteiger partial charge in [-0.15, -0.1) is 0 Å². The van der Waals surface area contributed by atoms with Gasteiger partial charge in [-0.2, -0.15) is 0 Å². The first kappa shape index (κ1) is 30.0. The van der Waals surface area contributed by atoms with Crippen molar-refractivity contribution in [1.82, 2.24) is 4.40 Å². The van der Waals surface area contributed by atoms with Crippen molar-refractivity contribution in [3.63, 3.8) is 0 Å². The summed E-state index contributed by atoms with van der Waals surface area (Å²) in [7, 11) is 0. The number of benzene rings is 8. The highest BCUT2D eigenvalue weighted by Crippen LogP contribution is 2.47. The van der Waals surface area contributed by atoms with Crippen molar-refractivity contribution in [3.05, 3.63) is 206 Å². The summed E-state index contributed by atoms with van der Waals surface area (Å²) in [5, 5.41) is 4.94. The third-order valence-corrected chi connectivity index (χ3v) is 10.4. The van der Waals surface area contributed by atoms with Gasteiger partial charge in [-0.05, 0) is 69.6 Å². The molecule has 0 amide bonds. The number of fused-ring (bicyclic) bond motifs is 8. The lowest BCUT2D eigenvalue weighted by Crippen LogP contribution is -2.11. The summed E-state index contributed by atoms with van der Waals surface area (Å²) in [6.07, 6.45) is 0. The molecule has 0 saturated heterocycles. The topological polar surface area (TPSA) is 7.65 Å². The number of hydrogen-bond donors (Lipinski definition) is 0. The minimum atomic E-state index is 1.10. The zero-order valence-corrected chi connectivity index (χ0v) is 28.5. The van der Waals surface area contributed by atoms with Crippen molar-refractivity contribution < 1.29 is 0 Å². The van der Waals surface area contributed by atoms with Gasteiger partial charge in [0.25, 0.3) is 0 Å². The van der Waals surface area contributed by atoms with Gasteiger partial charge in [0.05, 0.1) is 22.2 Å². The maximum Gasteiger partial charge on any atom is 0.0782 e. The first-order chi connectivity index (χ1) is 25.8. The molecule has 8 aromatic carbocycles. The van der Waals surface area contributed by atoms with Crippen LogP contribution >= 0.6 is 0 Å². The van der Waals surface area contributed by atoms with E-state index in [1.165, 1.54) is 71.5 Å². The van der Waals surface area contributed by atoms with Gasteiger partial charge < -0.3 is 9.30 Å². The van der Waals surface area contributed by atoms with Gasteiger partial charge in [0, 0.05) is 33.1 Å². The second kappa shape index (κ2) is 12.5. The van der Waals surface area contributed by atoms with Crippen molar-refractivity contribution in [1.29, 1.82) is 0 Å². The van der Waals surface area contributed by atoms with E-state index >= 15 is 0 Å². The average Bonchev–Trinajstić information content (AvgIpc) is 3.58. The second-order valence-corrected chi connectivity index (χ2v) is 13.3. The molecular weight excluding hydrogens is 629 g/mol. The number of nitrogens with zero attached hydrogens (tertiary/aromatic N) is 2. The van der Waals surface area contributed by atoms with E-state index in [9.17, 15) is 0 Å². The molecule has 10 aromatic rings. The van der Waals surface area contributed by atoms with Gasteiger partial charge in [-0.3, -0.25) is 0 Å². The molecule has 0 aliphatic heterocycles. The van der Waals surface area contributed by atoms with Crippen LogP contribution in [0, 0.1) is 0 Å². The Hall–Kier alpha value is -6.90. The van der Waals surface area contributed by atoms with Gasteiger partial charge in [-0.25, -0.2) is 0 Å². The molecule has 0 aliphatic rings. The predicted octanol–water partition coefficient (Wildman–Crippen LogP) is 13.9. The number of hydrogen-bond acceptors (Lipinski definition) is 1. The van der Waals surface area contributed by atoms with Gasteiger partial charge in [0.15, 0.2) is 0 Å². The van der Waals surface area contributed by atoms with Crippen LogP contribution in [0.25, 0.3) is 71.5 Å². The van der Waals surface area contributed by atoms with E-state index in [4.69, 9.17) is 0 Å². The van der Waals surface area contributed by atoms with E-state index in [-0.39, 0.29) is 0 Å². The summed E-state index contributed by atoms with van der Waals surface area (Å²) in [6.45, 7) is 0. The number of pyridine rings is 1. The first-order valence-electron chi connectivity index (χ1n) is 17.9. The molecule has 2 aromatic heterocycles. The summed E-state index contributed by atoms with van der Waals surface area (Å²) in [4.78, 5) is 2.43. The molecule has 244 valence electrons. The Balaban J connectivity index is 1.30. The largest absolute Gasteiger partial charge is 0.308 e. The van der Waals surface area contributed by atoms with E-state index in [0.717, 1.165) is 17.1 Å². The molecule has 0 spiro atoms. The van der Waals surface area contributed by atoms with Gasteiger partial charge in [0.2, 0.25) is 0 Å². The maximum atomic E-state index is 2.52. The Kier molecular flexibility index (Phi) is 7.18. The van der Waals surface area contributed by atoms with Crippen LogP contribution in [0.1, 0.15) is 0 Å². The van der Waals surface area contributed by atoms with E-state index in [2.05, 4.69) is 216 Å². The van der Waals surface area contributed by atoms with Gasteiger partial charge in [-0.1, -0.05) is 170 Å². The maximum absolute atomic E-state index is 2.52. The minimum Gasteiger partial charge on any atom is -0.308 e. The van der Waals surface area contributed by atoms with Crippen LogP contribution in [0.3, 0.4) is 0 Å². The van der Waals surface area contributed by atoms with Crippen LogP contribution in [0.2, 0.25) is 0 Å². The minimum absolute atomic E-state index is 1.10. The van der Waals surface area contributed by atoms with E-state index in [1.54, 1.807) is 0 Å². The zero-order chi connectivity index (χ0) is 34.4. The molecule has 0 bridgehead atoms. The molecule has 0 saturated carbocycles. The average molecular weight is 663 g/mol. The zero-order valence-electron chi connectivity index (χ0n) is 28.5. The molecule has 2 heterocycles. The monoisotopic (exact) mass is 662 g/mol. The molecule has 0 fully saturated rings. The summed E-state index contributed by atoms with van der Waals surface area (Å²) in [6, 6.07) is 74.6. The van der Waals surface area contributed by atoms with Crippen LogP contribution < -0.4 is 4.90 Å². The quantitative estimate of drug-likeness (QED) is 0.161. The summed E-state index contributed by atoms with van der Waals surface area (Å²) in [5.74, 6) is 0. The van der Waals surface area contributed by atoms with E-state index in [1.807, 2.05) is 0 Å². The third-order valence-electron chi connectivity index (χ3n) is 10.4. The van der Waals surface area contributed by atoms with Crippen molar-refractivity contribution in [2.45, 2.75) is 0 Å². The number of rotatable bonds is 6. The summed E-state index contributed by atoms with van der Waals surface area (Å²) in [5.41, 5.74) is 14.2. The highest BCUT2D eigenvalue weighted by Gasteiger charge is 2.23. The van der Waals surface area contributed by atoms with Crippen LogP contribution in [-0.2, 0) is 0 Å². The third kappa shape index (κ3) is 4.88. The Bertz CT molecular complexity index is 2770. The lowest BCUT2D eigenvalue weighted by atomic mass is 9.98. The first-order valence-corrected chi connectivity index (χ1v) is 17.9. The van der Waals surface area contributed by atoms with Crippen LogP contribution in [-0.4, -0.2) is 4.40 Å². The predicted molar refractivity (Wildman–Crippen MR) is 221 cm³/mol. The fraction of sp³-hybridized carbons (Fsp3) is 0. The van der Waals surface area contributed by atoms with E-state index in [0.29, 0.717) is 0 Å². The highest BCUT2D eigenvalue weighted by molar-refractivity contribution is 6.23. The Morgan fingerprint density at radius 3 is 1.29 bits per heavy atom. The molecule has 0 N–H and O–H groups in total. The van der Waals surface area contributed by atoms with Gasteiger partial charge in [0.1, 0.15) is 0 Å². The number of aromatic nitrogens is 1. The Labute approximate surface area is 303 Å². The van der Waals surface area contributed by atoms with Crippen LogP contribution in [0.4, 0.5) is 17.1 Å². The SMILES string of the molecule is c1ccc(-c2ccc(N(c3ccc(-c4ccccc4)cc3)c3cccc4c5ccccc5c5c(-c6ccccc6)c6ccccc6n5c34)cc2)cc1. The summed E-state index contributed by atoms with van der Waals surface area (Å²) < 4.78 is 2.52. The normalized spacial score (nSPS) is 11.5. The van der Waals surface area contributed by atoms with Crippen LogP contribution in [0.5, 0.6) is 0 Å². The van der Waals surface area contributed by atoms with Crippen molar-refractivity contribution in [2.24, 2.45) is 0 Å². The molecule has 10 rings (SSSR count). The fourth-order valence-corrected chi connectivity index (χ4v) is 8.01. The van der Waals surface area contributed by atoms with Crippen molar-refractivity contribution >= 4 is 55.2 Å².